The lowest BCUT2D eigenvalue weighted by atomic mass is 10.1. The van der Waals surface area contributed by atoms with Gasteiger partial charge in [-0.25, -0.2) is 4.39 Å². The highest BCUT2D eigenvalue weighted by Crippen LogP contribution is 2.34. The highest BCUT2D eigenvalue weighted by Gasteiger charge is 2.26. The van der Waals surface area contributed by atoms with Crippen LogP contribution < -0.4 is 10.5 Å². The van der Waals surface area contributed by atoms with E-state index in [-0.39, 0.29) is 17.3 Å². The van der Waals surface area contributed by atoms with Crippen LogP contribution in [0, 0.1) is 12.7 Å². The molecular weight excluding hydrogens is 445 g/mol. The molecule has 0 spiro atoms. The molecule has 1 amide bonds. The Morgan fingerprint density at radius 1 is 1.03 bits per heavy atom. The molecule has 0 atom stereocenters. The number of fused-ring (bicyclic) bond motifs is 1. The summed E-state index contributed by atoms with van der Waals surface area (Å²) in [5.41, 5.74) is 3.20. The minimum atomic E-state index is -0.305. The van der Waals surface area contributed by atoms with Gasteiger partial charge in [-0.1, -0.05) is 18.2 Å². The quantitative estimate of drug-likeness (QED) is 0.441. The van der Waals surface area contributed by atoms with E-state index in [1.807, 2.05) is 46.8 Å². The van der Waals surface area contributed by atoms with Gasteiger partial charge in [0.25, 0.3) is 11.5 Å². The first-order valence-corrected chi connectivity index (χ1v) is 12.2. The number of nitrogens with zero attached hydrogens (tertiary/aromatic N) is 3. The van der Waals surface area contributed by atoms with Gasteiger partial charge < -0.3 is 14.4 Å². The lowest BCUT2D eigenvalue weighted by Crippen LogP contribution is -2.49. The summed E-state index contributed by atoms with van der Waals surface area (Å²) >= 11 is 3.07. The number of carbonyl (C=O) groups is 1. The predicted molar refractivity (Wildman–Crippen MR) is 129 cm³/mol. The van der Waals surface area contributed by atoms with E-state index in [9.17, 15) is 14.0 Å². The van der Waals surface area contributed by atoms with Crippen molar-refractivity contribution in [3.05, 3.63) is 85.4 Å². The number of piperazine rings is 1. The highest BCUT2D eigenvalue weighted by atomic mass is 32.1. The third-order valence-electron chi connectivity index (χ3n) is 5.92. The van der Waals surface area contributed by atoms with Gasteiger partial charge in [-0.2, -0.15) is 0 Å². The number of amides is 1. The van der Waals surface area contributed by atoms with Crippen LogP contribution in [0.2, 0.25) is 0 Å². The molecule has 1 aromatic carbocycles. The number of thiophene rings is 2. The number of anilines is 1. The van der Waals surface area contributed by atoms with E-state index in [0.29, 0.717) is 38.3 Å². The van der Waals surface area contributed by atoms with Crippen molar-refractivity contribution in [1.29, 1.82) is 0 Å². The third kappa shape index (κ3) is 3.73. The van der Waals surface area contributed by atoms with Crippen molar-refractivity contribution < 1.29 is 9.18 Å². The first-order valence-electron chi connectivity index (χ1n) is 10.5. The summed E-state index contributed by atoms with van der Waals surface area (Å²) in [5, 5.41) is 3.91. The third-order valence-corrected chi connectivity index (χ3v) is 7.68. The largest absolute Gasteiger partial charge is 0.366 e. The standard InChI is InChI=1S/C24H22FN3O2S2/c1-16-21(26-8-10-27(11-9-26)24(30)20-6-3-12-31-20)22-19(7-13-32-22)28(23(16)29)15-17-4-2-5-18(25)14-17/h2-7,12-14H,8-11,15H2,1H3. The number of rotatable bonds is 4. The van der Waals surface area contributed by atoms with Gasteiger partial charge in [0, 0.05) is 31.7 Å². The summed E-state index contributed by atoms with van der Waals surface area (Å²) < 4.78 is 16.5. The van der Waals surface area contributed by atoms with Crippen molar-refractivity contribution in [3.8, 4) is 0 Å². The minimum Gasteiger partial charge on any atom is -0.366 e. The molecule has 0 aliphatic carbocycles. The van der Waals surface area contributed by atoms with Gasteiger partial charge in [0.05, 0.1) is 27.3 Å². The fraction of sp³-hybridized carbons (Fsp3) is 0.250. The maximum absolute atomic E-state index is 13.7. The molecule has 1 aliphatic rings. The molecule has 4 aromatic rings. The number of aromatic nitrogens is 1. The normalized spacial score (nSPS) is 14.3. The molecule has 32 heavy (non-hydrogen) atoms. The first-order chi connectivity index (χ1) is 15.5. The van der Waals surface area contributed by atoms with E-state index in [0.717, 1.165) is 26.3 Å². The van der Waals surface area contributed by atoms with Gasteiger partial charge in [0.2, 0.25) is 0 Å². The van der Waals surface area contributed by atoms with Crippen molar-refractivity contribution >= 4 is 44.5 Å². The molecule has 4 heterocycles. The van der Waals surface area contributed by atoms with Crippen LogP contribution >= 0.6 is 22.7 Å². The van der Waals surface area contributed by atoms with Crippen LogP contribution in [-0.4, -0.2) is 41.6 Å². The van der Waals surface area contributed by atoms with E-state index in [2.05, 4.69) is 4.90 Å². The van der Waals surface area contributed by atoms with Crippen LogP contribution in [0.3, 0.4) is 0 Å². The first kappa shape index (κ1) is 20.9. The molecule has 0 bridgehead atoms. The Hall–Kier alpha value is -2.97. The molecule has 5 nitrogen and oxygen atoms in total. The molecule has 0 radical (unpaired) electrons. The van der Waals surface area contributed by atoms with E-state index in [1.54, 1.807) is 22.0 Å². The minimum absolute atomic E-state index is 0.0627. The van der Waals surface area contributed by atoms with Crippen molar-refractivity contribution in [1.82, 2.24) is 9.47 Å². The second-order valence-corrected chi connectivity index (χ2v) is 9.75. The average Bonchev–Trinajstić information content (AvgIpc) is 3.49. The molecule has 1 aliphatic heterocycles. The van der Waals surface area contributed by atoms with Crippen molar-refractivity contribution in [2.24, 2.45) is 0 Å². The fourth-order valence-electron chi connectivity index (χ4n) is 4.32. The fourth-order valence-corrected chi connectivity index (χ4v) is 6.04. The van der Waals surface area contributed by atoms with E-state index >= 15 is 0 Å². The number of benzene rings is 1. The molecule has 1 saturated heterocycles. The van der Waals surface area contributed by atoms with Crippen LogP contribution in [0.5, 0.6) is 0 Å². The van der Waals surface area contributed by atoms with E-state index in [1.165, 1.54) is 23.5 Å². The van der Waals surface area contributed by atoms with E-state index in [4.69, 9.17) is 0 Å². The topological polar surface area (TPSA) is 45.5 Å². The van der Waals surface area contributed by atoms with Gasteiger partial charge in [-0.3, -0.25) is 9.59 Å². The molecule has 0 N–H and O–H groups in total. The molecule has 3 aromatic heterocycles. The number of pyridine rings is 1. The average molecular weight is 468 g/mol. The summed E-state index contributed by atoms with van der Waals surface area (Å²) in [6.45, 7) is 4.79. The Morgan fingerprint density at radius 2 is 1.84 bits per heavy atom. The number of hydrogen-bond acceptors (Lipinski definition) is 5. The zero-order valence-electron chi connectivity index (χ0n) is 17.6. The van der Waals surface area contributed by atoms with Crippen LogP contribution in [0.15, 0.2) is 58.0 Å². The number of carbonyl (C=O) groups excluding carboxylic acids is 1. The molecule has 1 fully saturated rings. The Morgan fingerprint density at radius 3 is 2.56 bits per heavy atom. The molecular formula is C24H22FN3O2S2. The second-order valence-electron chi connectivity index (χ2n) is 7.89. The van der Waals surface area contributed by atoms with Crippen molar-refractivity contribution in [2.45, 2.75) is 13.5 Å². The molecule has 5 rings (SSSR count). The van der Waals surface area contributed by atoms with Gasteiger partial charge in [-0.15, -0.1) is 22.7 Å². The monoisotopic (exact) mass is 467 g/mol. The van der Waals surface area contributed by atoms with Gasteiger partial charge in [0.15, 0.2) is 0 Å². The molecule has 0 unspecified atom stereocenters. The van der Waals surface area contributed by atoms with Crippen LogP contribution in [0.1, 0.15) is 20.8 Å². The van der Waals surface area contributed by atoms with Crippen molar-refractivity contribution in [2.75, 3.05) is 31.1 Å². The van der Waals surface area contributed by atoms with Crippen LogP contribution in [-0.2, 0) is 6.54 Å². The molecule has 0 saturated carbocycles. The Bertz CT molecular complexity index is 1340. The van der Waals surface area contributed by atoms with Crippen molar-refractivity contribution in [3.63, 3.8) is 0 Å². The number of hydrogen-bond donors (Lipinski definition) is 0. The SMILES string of the molecule is Cc1c(N2CCN(C(=O)c3cccs3)CC2)c2sccc2n(Cc2cccc(F)c2)c1=O. The van der Waals surface area contributed by atoms with Gasteiger partial charge in [-0.05, 0) is 47.5 Å². The summed E-state index contributed by atoms with van der Waals surface area (Å²) in [6.07, 6.45) is 0. The lowest BCUT2D eigenvalue weighted by Gasteiger charge is -2.37. The summed E-state index contributed by atoms with van der Waals surface area (Å²) in [5.74, 6) is -0.233. The number of halogens is 1. The second kappa shape index (κ2) is 8.52. The maximum Gasteiger partial charge on any atom is 0.264 e. The maximum atomic E-state index is 13.7. The lowest BCUT2D eigenvalue weighted by molar-refractivity contribution is 0.0751. The Balaban J connectivity index is 1.45. The van der Waals surface area contributed by atoms with Crippen LogP contribution in [0.4, 0.5) is 10.1 Å². The zero-order valence-corrected chi connectivity index (χ0v) is 19.2. The zero-order chi connectivity index (χ0) is 22.2. The Kier molecular flexibility index (Phi) is 5.57. The highest BCUT2D eigenvalue weighted by molar-refractivity contribution is 7.17. The van der Waals surface area contributed by atoms with Gasteiger partial charge >= 0.3 is 0 Å². The molecule has 164 valence electrons. The van der Waals surface area contributed by atoms with Crippen LogP contribution in [0.25, 0.3) is 10.2 Å². The van der Waals surface area contributed by atoms with E-state index < -0.39 is 0 Å². The summed E-state index contributed by atoms with van der Waals surface area (Å²) in [4.78, 5) is 30.9. The molecule has 8 heteroatoms. The smallest absolute Gasteiger partial charge is 0.264 e. The summed E-state index contributed by atoms with van der Waals surface area (Å²) in [7, 11) is 0. The Labute approximate surface area is 192 Å². The summed E-state index contributed by atoms with van der Waals surface area (Å²) in [6, 6.07) is 12.1. The van der Waals surface area contributed by atoms with Gasteiger partial charge in [0.1, 0.15) is 5.82 Å². The predicted octanol–water partition coefficient (Wildman–Crippen LogP) is 4.58.